The number of hydrogen-bond donors (Lipinski definition) is 1. The Bertz CT molecular complexity index is 781. The van der Waals surface area contributed by atoms with Crippen LogP contribution in [0.4, 0.5) is 0 Å². The molecule has 0 radical (unpaired) electrons. The van der Waals surface area contributed by atoms with E-state index in [0.29, 0.717) is 0 Å². The summed E-state index contributed by atoms with van der Waals surface area (Å²) in [5.41, 5.74) is 7.81. The summed E-state index contributed by atoms with van der Waals surface area (Å²) in [4.78, 5) is 11.8. The SMILES string of the molecule is C=C(N)C(=O)OC1(C)C[I-]I1Oc1ccccc1Cc1ccccc1. The summed E-state index contributed by atoms with van der Waals surface area (Å²) in [7, 11) is 0. The van der Waals surface area contributed by atoms with Gasteiger partial charge in [0.05, 0.1) is 0 Å². The summed E-state index contributed by atoms with van der Waals surface area (Å²) in [6.07, 6.45) is 0.829. The first-order chi connectivity index (χ1) is 12.0. The summed E-state index contributed by atoms with van der Waals surface area (Å²) < 4.78 is 12.5. The van der Waals surface area contributed by atoms with Crippen LogP contribution >= 0.6 is 16.3 Å². The van der Waals surface area contributed by atoms with Gasteiger partial charge in [-0.05, 0) is 0 Å². The summed E-state index contributed by atoms with van der Waals surface area (Å²) in [6, 6.07) is 18.5. The van der Waals surface area contributed by atoms with Crippen LogP contribution in [0.25, 0.3) is 0 Å². The van der Waals surface area contributed by atoms with E-state index in [2.05, 4.69) is 24.8 Å². The molecule has 2 N–H and O–H groups in total. The van der Waals surface area contributed by atoms with Gasteiger partial charge >= 0.3 is 163 Å². The Morgan fingerprint density at radius 1 is 1.24 bits per heavy atom. The summed E-state index contributed by atoms with van der Waals surface area (Å²) in [5.74, 6) is 0.402. The molecule has 0 bridgehead atoms. The molecular weight excluding hydrogens is 544 g/mol. The topological polar surface area (TPSA) is 61.6 Å². The van der Waals surface area contributed by atoms with Crippen LogP contribution in [0.1, 0.15) is 18.1 Å². The van der Waals surface area contributed by atoms with Crippen molar-refractivity contribution in [3.63, 3.8) is 0 Å². The van der Waals surface area contributed by atoms with Crippen LogP contribution < -0.4 is 26.0 Å². The second-order valence-corrected chi connectivity index (χ2v) is 19.9. The fraction of sp³-hybridized carbons (Fsp3) is 0.211. The Balaban J connectivity index is 1.73. The molecule has 1 saturated heterocycles. The zero-order chi connectivity index (χ0) is 17.9. The van der Waals surface area contributed by atoms with Gasteiger partial charge in [0.1, 0.15) is 0 Å². The van der Waals surface area contributed by atoms with E-state index in [1.165, 1.54) is 11.1 Å². The predicted molar refractivity (Wildman–Crippen MR) is 103 cm³/mol. The first kappa shape index (κ1) is 18.5. The number of para-hydroxylation sites is 1. The van der Waals surface area contributed by atoms with Gasteiger partial charge in [0.25, 0.3) is 0 Å². The molecule has 0 aromatic heterocycles. The Labute approximate surface area is 162 Å². The quantitative estimate of drug-likeness (QED) is 0.245. The van der Waals surface area contributed by atoms with Gasteiger partial charge in [-0.2, -0.15) is 0 Å². The summed E-state index contributed by atoms with van der Waals surface area (Å²) >= 11 is -1.85. The number of esters is 1. The van der Waals surface area contributed by atoms with Crippen molar-refractivity contribution in [2.24, 2.45) is 5.73 Å². The van der Waals surface area contributed by atoms with E-state index in [1.807, 2.05) is 43.3 Å². The van der Waals surface area contributed by atoms with Crippen LogP contribution in [0, 0.1) is 0 Å². The van der Waals surface area contributed by atoms with Crippen molar-refractivity contribution in [2.45, 2.75) is 17.0 Å². The molecule has 0 spiro atoms. The Kier molecular flexibility index (Phi) is 5.88. The third-order valence-corrected chi connectivity index (χ3v) is 23.0. The van der Waals surface area contributed by atoms with Gasteiger partial charge in [-0.25, -0.2) is 0 Å². The monoisotopic (exact) mass is 564 g/mol. The number of nitrogens with two attached hydrogens (primary N) is 1. The average Bonchev–Trinajstić information content (AvgIpc) is 2.60. The number of rotatable bonds is 6. The molecule has 0 aliphatic carbocycles. The van der Waals surface area contributed by atoms with Gasteiger partial charge in [-0.3, -0.25) is 0 Å². The van der Waals surface area contributed by atoms with Crippen molar-refractivity contribution in [3.8, 4) is 5.75 Å². The number of carbonyl (C=O) groups is 1. The fourth-order valence-corrected chi connectivity index (χ4v) is 17.1. The maximum absolute atomic E-state index is 11.8. The van der Waals surface area contributed by atoms with Crippen molar-refractivity contribution in [3.05, 3.63) is 78.0 Å². The zero-order valence-corrected chi connectivity index (χ0v) is 18.2. The first-order valence-electron chi connectivity index (χ1n) is 7.76. The van der Waals surface area contributed by atoms with Gasteiger partial charge in [0.2, 0.25) is 0 Å². The number of alkyl halides is 2. The third kappa shape index (κ3) is 4.46. The van der Waals surface area contributed by atoms with Gasteiger partial charge in [0.15, 0.2) is 0 Å². The zero-order valence-electron chi connectivity index (χ0n) is 13.9. The van der Waals surface area contributed by atoms with E-state index in [0.717, 1.165) is 16.6 Å². The molecular formula is C19H20I2NO3-. The minimum atomic E-state index is -1.82. The van der Waals surface area contributed by atoms with E-state index in [4.69, 9.17) is 13.5 Å². The normalized spacial score (nSPS) is 20.8. The Morgan fingerprint density at radius 2 is 1.92 bits per heavy atom. The Morgan fingerprint density at radius 3 is 2.56 bits per heavy atom. The van der Waals surface area contributed by atoms with Crippen LogP contribution in [-0.2, 0) is 16.0 Å². The van der Waals surface area contributed by atoms with Gasteiger partial charge < -0.3 is 0 Å². The molecule has 1 unspecified atom stereocenters. The van der Waals surface area contributed by atoms with Gasteiger partial charge in [0, 0.05) is 0 Å². The second-order valence-electron chi connectivity index (χ2n) is 5.81. The van der Waals surface area contributed by atoms with E-state index >= 15 is 0 Å². The molecule has 0 amide bonds. The van der Waals surface area contributed by atoms with Crippen LogP contribution in [0.3, 0.4) is 0 Å². The molecule has 25 heavy (non-hydrogen) atoms. The van der Waals surface area contributed by atoms with Crippen LogP contribution in [0.2, 0.25) is 0 Å². The summed E-state index contributed by atoms with van der Waals surface area (Å²) in [6.45, 7) is 5.43. The van der Waals surface area contributed by atoms with E-state index in [1.54, 1.807) is 0 Å². The standard InChI is InChI=1S/C19H20I2NO3/c1-14(22)18(23)24-19(2)13-20-21(19)25-17-11-7-6-10-16(17)12-15-8-4-3-5-9-15/h3-11H,1,12-13,22H2,2H3/q-1. The molecule has 1 heterocycles. The van der Waals surface area contributed by atoms with Gasteiger partial charge in [-0.15, -0.1) is 0 Å². The number of ether oxygens (including phenoxy) is 1. The molecule has 2 aromatic rings. The molecule has 1 aliphatic rings. The molecule has 4 nitrogen and oxygen atoms in total. The molecule has 3 rings (SSSR count). The van der Waals surface area contributed by atoms with Crippen LogP contribution in [0.5, 0.6) is 5.75 Å². The first-order valence-corrected chi connectivity index (χ1v) is 17.5. The van der Waals surface area contributed by atoms with Crippen LogP contribution in [-0.4, -0.2) is 14.0 Å². The third-order valence-electron chi connectivity index (χ3n) is 3.62. The Hall–Kier alpha value is -1.29. The van der Waals surface area contributed by atoms with Crippen LogP contribution in [0.15, 0.2) is 66.9 Å². The van der Waals surface area contributed by atoms with E-state index in [9.17, 15) is 4.79 Å². The van der Waals surface area contributed by atoms with Crippen molar-refractivity contribution in [1.82, 2.24) is 0 Å². The summed E-state index contributed by atoms with van der Waals surface area (Å²) in [5, 5.41) is 0. The molecule has 6 heteroatoms. The average molecular weight is 564 g/mol. The van der Waals surface area contributed by atoms with E-state index in [-0.39, 0.29) is 22.9 Å². The maximum atomic E-state index is 11.8. The molecule has 1 fully saturated rings. The number of hydrogen-bond acceptors (Lipinski definition) is 4. The van der Waals surface area contributed by atoms with Gasteiger partial charge in [-0.1, -0.05) is 0 Å². The number of benzene rings is 2. The van der Waals surface area contributed by atoms with Crippen molar-refractivity contribution in [2.75, 3.05) is 4.43 Å². The van der Waals surface area contributed by atoms with Crippen molar-refractivity contribution in [1.29, 1.82) is 0 Å². The van der Waals surface area contributed by atoms with Crippen molar-refractivity contribution < 1.29 is 29.8 Å². The fourth-order valence-electron chi connectivity index (χ4n) is 2.27. The number of carbonyl (C=O) groups excluding carboxylic acids is 1. The molecule has 1 aliphatic heterocycles. The predicted octanol–water partition coefficient (Wildman–Crippen LogP) is 0.827. The second kappa shape index (κ2) is 7.94. The number of halogens is 2. The minimum absolute atomic E-state index is 0.0286. The molecule has 1 atom stereocenters. The van der Waals surface area contributed by atoms with E-state index < -0.39 is 25.8 Å². The molecule has 134 valence electrons. The molecule has 2 aromatic carbocycles. The molecule has 0 saturated carbocycles. The van der Waals surface area contributed by atoms with Crippen molar-refractivity contribution >= 4 is 22.2 Å².